The number of aromatic hydroxyl groups is 1. The van der Waals surface area contributed by atoms with Crippen molar-refractivity contribution >= 4 is 28.4 Å². The number of benzene rings is 1. The molecule has 9 nitrogen and oxygen atoms in total. The summed E-state index contributed by atoms with van der Waals surface area (Å²) in [4.78, 5) is 0. The number of phenols is 1. The predicted octanol–water partition coefficient (Wildman–Crippen LogP) is 1.10. The summed E-state index contributed by atoms with van der Waals surface area (Å²) in [5.41, 5.74) is 1.04. The highest BCUT2D eigenvalue weighted by atomic mass is 79.9. The highest BCUT2D eigenvalue weighted by Gasteiger charge is 2.06. The number of halogens is 1. The van der Waals surface area contributed by atoms with Crippen LogP contribution in [0.25, 0.3) is 0 Å². The molecule has 2 heterocycles. The van der Waals surface area contributed by atoms with Crippen LogP contribution in [0.3, 0.4) is 0 Å². The molecule has 3 aromatic rings. The predicted molar refractivity (Wildman–Crippen MR) is 81.8 cm³/mol. The second-order valence-corrected chi connectivity index (χ2v) is 5.02. The number of phenolic OH excluding ortho intramolecular Hbond substituents is 1. The number of hydrogen-bond acceptors (Lipinski definition) is 7. The first-order chi connectivity index (χ1) is 10.7. The SMILES string of the molecule is Oc1c(/C=N\n2cnnc2)cc(Br)cc1/C=N/n1cnnc1. The van der Waals surface area contributed by atoms with Crippen molar-refractivity contribution in [2.24, 2.45) is 10.2 Å². The van der Waals surface area contributed by atoms with E-state index in [1.807, 2.05) is 0 Å². The monoisotopic (exact) mass is 360 g/mol. The van der Waals surface area contributed by atoms with Gasteiger partial charge in [0, 0.05) is 15.6 Å². The van der Waals surface area contributed by atoms with E-state index >= 15 is 0 Å². The lowest BCUT2D eigenvalue weighted by atomic mass is 10.1. The molecular formula is C12H9BrN8O. The second-order valence-electron chi connectivity index (χ2n) is 4.11. The van der Waals surface area contributed by atoms with E-state index in [1.54, 1.807) is 12.1 Å². The van der Waals surface area contributed by atoms with Crippen LogP contribution in [0.15, 0.2) is 52.1 Å². The van der Waals surface area contributed by atoms with Crippen LogP contribution in [0.4, 0.5) is 0 Å². The van der Waals surface area contributed by atoms with Gasteiger partial charge in [-0.05, 0) is 12.1 Å². The van der Waals surface area contributed by atoms with Crippen molar-refractivity contribution in [3.8, 4) is 5.75 Å². The summed E-state index contributed by atoms with van der Waals surface area (Å²) >= 11 is 3.39. The van der Waals surface area contributed by atoms with Crippen molar-refractivity contribution in [3.05, 3.63) is 53.0 Å². The number of rotatable bonds is 4. The minimum Gasteiger partial charge on any atom is -0.507 e. The maximum absolute atomic E-state index is 10.3. The largest absolute Gasteiger partial charge is 0.507 e. The number of hydrogen-bond donors (Lipinski definition) is 1. The first kappa shape index (κ1) is 14.1. The van der Waals surface area contributed by atoms with Gasteiger partial charge in [0.05, 0.1) is 12.4 Å². The van der Waals surface area contributed by atoms with Gasteiger partial charge in [-0.1, -0.05) is 15.9 Å². The summed E-state index contributed by atoms with van der Waals surface area (Å²) in [7, 11) is 0. The molecule has 0 radical (unpaired) electrons. The molecule has 0 spiro atoms. The Morgan fingerprint density at radius 2 is 1.27 bits per heavy atom. The molecule has 0 unspecified atom stereocenters. The van der Waals surface area contributed by atoms with E-state index in [4.69, 9.17) is 0 Å². The third kappa shape index (κ3) is 3.23. The number of nitrogens with zero attached hydrogens (tertiary/aromatic N) is 8. The zero-order chi connectivity index (χ0) is 15.4. The van der Waals surface area contributed by atoms with Crippen LogP contribution < -0.4 is 0 Å². The summed E-state index contributed by atoms with van der Waals surface area (Å²) in [6, 6.07) is 3.47. The van der Waals surface area contributed by atoms with Crippen molar-refractivity contribution in [2.45, 2.75) is 0 Å². The maximum atomic E-state index is 10.3. The summed E-state index contributed by atoms with van der Waals surface area (Å²) in [6.45, 7) is 0. The zero-order valence-electron chi connectivity index (χ0n) is 11.0. The van der Waals surface area contributed by atoms with Gasteiger partial charge in [-0.2, -0.15) is 10.2 Å². The molecule has 0 fully saturated rings. The maximum Gasteiger partial charge on any atom is 0.141 e. The van der Waals surface area contributed by atoms with Crippen molar-refractivity contribution in [1.29, 1.82) is 0 Å². The molecule has 3 rings (SSSR count). The van der Waals surface area contributed by atoms with E-state index in [1.165, 1.54) is 47.1 Å². The molecule has 10 heteroatoms. The van der Waals surface area contributed by atoms with E-state index in [0.717, 1.165) is 4.47 Å². The molecule has 0 aliphatic heterocycles. The molecule has 0 aliphatic rings. The van der Waals surface area contributed by atoms with E-state index < -0.39 is 0 Å². The highest BCUT2D eigenvalue weighted by Crippen LogP contribution is 2.25. The quantitative estimate of drug-likeness (QED) is 0.701. The Balaban J connectivity index is 1.91. The van der Waals surface area contributed by atoms with Crippen LogP contribution in [0.5, 0.6) is 5.75 Å². The number of aromatic nitrogens is 6. The van der Waals surface area contributed by atoms with Gasteiger partial charge in [0.1, 0.15) is 31.1 Å². The fourth-order valence-electron chi connectivity index (χ4n) is 1.61. The van der Waals surface area contributed by atoms with Gasteiger partial charge < -0.3 is 5.11 Å². The Hall–Kier alpha value is -2.88. The van der Waals surface area contributed by atoms with Gasteiger partial charge in [0.15, 0.2) is 0 Å². The Morgan fingerprint density at radius 1 is 0.864 bits per heavy atom. The smallest absolute Gasteiger partial charge is 0.141 e. The molecule has 110 valence electrons. The van der Waals surface area contributed by atoms with Crippen LogP contribution in [0, 0.1) is 0 Å². The molecule has 0 saturated carbocycles. The lowest BCUT2D eigenvalue weighted by Crippen LogP contribution is -1.94. The third-order valence-corrected chi connectivity index (χ3v) is 3.06. The Bertz CT molecular complexity index is 745. The van der Waals surface area contributed by atoms with Crippen LogP contribution in [0.2, 0.25) is 0 Å². The van der Waals surface area contributed by atoms with Crippen LogP contribution in [-0.2, 0) is 0 Å². The first-order valence-electron chi connectivity index (χ1n) is 6.03. The lowest BCUT2D eigenvalue weighted by Gasteiger charge is -2.04. The van der Waals surface area contributed by atoms with E-state index in [-0.39, 0.29) is 5.75 Å². The van der Waals surface area contributed by atoms with Crippen LogP contribution in [-0.4, -0.2) is 47.3 Å². The summed E-state index contributed by atoms with van der Waals surface area (Å²) in [6.07, 6.45) is 8.78. The molecule has 1 N–H and O–H groups in total. The van der Waals surface area contributed by atoms with Crippen molar-refractivity contribution in [1.82, 2.24) is 29.7 Å². The van der Waals surface area contributed by atoms with E-state index in [2.05, 4.69) is 46.5 Å². The zero-order valence-corrected chi connectivity index (χ0v) is 12.6. The molecule has 0 saturated heterocycles. The first-order valence-corrected chi connectivity index (χ1v) is 6.82. The van der Waals surface area contributed by atoms with Gasteiger partial charge in [-0.3, -0.25) is 0 Å². The van der Waals surface area contributed by atoms with Crippen LogP contribution >= 0.6 is 15.9 Å². The minimum atomic E-state index is 0.0526. The molecule has 2 aromatic heterocycles. The fourth-order valence-corrected chi connectivity index (χ4v) is 2.10. The molecule has 0 bridgehead atoms. The molecule has 0 aliphatic carbocycles. The highest BCUT2D eigenvalue weighted by molar-refractivity contribution is 9.10. The summed E-state index contributed by atoms with van der Waals surface area (Å²) < 4.78 is 3.62. The van der Waals surface area contributed by atoms with Gasteiger partial charge in [-0.15, -0.1) is 20.4 Å². The molecule has 0 amide bonds. The van der Waals surface area contributed by atoms with Crippen molar-refractivity contribution < 1.29 is 5.11 Å². The minimum absolute atomic E-state index is 0.0526. The Kier molecular flexibility index (Phi) is 4.01. The van der Waals surface area contributed by atoms with Gasteiger partial charge in [0.2, 0.25) is 0 Å². The van der Waals surface area contributed by atoms with Crippen molar-refractivity contribution in [2.75, 3.05) is 0 Å². The Labute approximate surface area is 132 Å². The van der Waals surface area contributed by atoms with E-state index in [0.29, 0.717) is 11.1 Å². The standard InChI is InChI=1S/C12H9BrN8O/c13-11-1-9(3-18-20-5-14-15-6-20)12(22)10(2-11)4-19-21-7-16-17-8-21/h1-8,22H/b18-3-,19-4+. The van der Waals surface area contributed by atoms with E-state index in [9.17, 15) is 5.11 Å². The third-order valence-electron chi connectivity index (χ3n) is 2.61. The average molecular weight is 361 g/mol. The topological polar surface area (TPSA) is 106 Å². The van der Waals surface area contributed by atoms with Gasteiger partial charge >= 0.3 is 0 Å². The fraction of sp³-hybridized carbons (Fsp3) is 0. The molecule has 22 heavy (non-hydrogen) atoms. The lowest BCUT2D eigenvalue weighted by molar-refractivity contribution is 0.473. The Morgan fingerprint density at radius 3 is 1.68 bits per heavy atom. The van der Waals surface area contributed by atoms with Gasteiger partial charge in [-0.25, -0.2) is 9.35 Å². The normalized spacial score (nSPS) is 11.7. The average Bonchev–Trinajstić information content (AvgIpc) is 3.19. The second kappa shape index (κ2) is 6.26. The summed E-state index contributed by atoms with van der Waals surface area (Å²) in [5, 5.41) is 33.1. The van der Waals surface area contributed by atoms with Crippen molar-refractivity contribution in [3.63, 3.8) is 0 Å². The summed E-state index contributed by atoms with van der Waals surface area (Å²) in [5.74, 6) is 0.0526. The van der Waals surface area contributed by atoms with Crippen LogP contribution in [0.1, 0.15) is 11.1 Å². The molecule has 0 atom stereocenters. The van der Waals surface area contributed by atoms with Gasteiger partial charge in [0.25, 0.3) is 0 Å². The molecule has 1 aromatic carbocycles. The molecular weight excluding hydrogens is 352 g/mol.